The lowest BCUT2D eigenvalue weighted by Gasteiger charge is -2.25. The summed E-state index contributed by atoms with van der Waals surface area (Å²) in [4.78, 5) is 3.56. The van der Waals surface area contributed by atoms with E-state index in [1.54, 1.807) is 10.4 Å². The second-order valence-electron chi connectivity index (χ2n) is 7.56. The minimum atomic E-state index is -3.63. The molecule has 0 saturated carbocycles. The molecule has 0 aliphatic carbocycles. The van der Waals surface area contributed by atoms with Crippen LogP contribution in [0.4, 0.5) is 0 Å². The van der Waals surface area contributed by atoms with Crippen LogP contribution in [0, 0.1) is 13.8 Å². The number of rotatable bonds is 5. The molecule has 28 heavy (non-hydrogen) atoms. The van der Waals surface area contributed by atoms with Crippen LogP contribution >= 0.6 is 0 Å². The maximum absolute atomic E-state index is 13.5. The fourth-order valence-electron chi connectivity index (χ4n) is 4.13. The number of aromatic nitrogens is 1. The van der Waals surface area contributed by atoms with E-state index in [0.717, 1.165) is 40.4 Å². The number of nitrogens with one attached hydrogen (secondary N) is 1. The molecule has 1 unspecified atom stereocenters. The van der Waals surface area contributed by atoms with Crippen LogP contribution in [0.1, 0.15) is 29.5 Å². The fraction of sp³-hybridized carbons (Fsp3) is 0.364. The number of fused-ring (bicyclic) bond motifs is 1. The van der Waals surface area contributed by atoms with Crippen molar-refractivity contribution >= 4 is 20.9 Å². The van der Waals surface area contributed by atoms with Crippen LogP contribution in [0.3, 0.4) is 0 Å². The van der Waals surface area contributed by atoms with E-state index in [1.165, 1.54) is 7.11 Å². The molecule has 0 spiro atoms. The lowest BCUT2D eigenvalue weighted by Crippen LogP contribution is -2.37. The van der Waals surface area contributed by atoms with Gasteiger partial charge < -0.3 is 9.72 Å². The molecule has 1 aliphatic heterocycles. The molecule has 0 bridgehead atoms. The van der Waals surface area contributed by atoms with Gasteiger partial charge in [0.25, 0.3) is 0 Å². The van der Waals surface area contributed by atoms with E-state index in [4.69, 9.17) is 4.74 Å². The Kier molecular flexibility index (Phi) is 4.93. The number of aryl methyl sites for hydroxylation is 2. The Balaban J connectivity index is 1.69. The van der Waals surface area contributed by atoms with Gasteiger partial charge in [-0.3, -0.25) is 0 Å². The van der Waals surface area contributed by atoms with Gasteiger partial charge >= 0.3 is 0 Å². The standard InChI is InChI=1S/C22H26N2O3S/c1-15-11-21(27-3)22(12-16(15)2)28(25,26)24-10-6-7-18(24)13-17-14-23-20-9-5-4-8-19(17)20/h4-5,8-9,11-12,14,18,23H,6-7,10,13H2,1-3H3. The molecule has 0 radical (unpaired) electrons. The normalized spacial score (nSPS) is 18.0. The molecule has 1 saturated heterocycles. The molecule has 2 aromatic carbocycles. The zero-order chi connectivity index (χ0) is 19.9. The topological polar surface area (TPSA) is 62.4 Å². The molecule has 1 fully saturated rings. The lowest BCUT2D eigenvalue weighted by atomic mass is 10.0. The summed E-state index contributed by atoms with van der Waals surface area (Å²) in [6, 6.07) is 11.7. The smallest absolute Gasteiger partial charge is 0.247 e. The number of aromatic amines is 1. The van der Waals surface area contributed by atoms with Gasteiger partial charge in [-0.1, -0.05) is 18.2 Å². The summed E-state index contributed by atoms with van der Waals surface area (Å²) in [7, 11) is -2.10. The Bertz CT molecular complexity index is 1120. The van der Waals surface area contributed by atoms with Crippen LogP contribution in [0.25, 0.3) is 10.9 Å². The molecule has 6 heteroatoms. The monoisotopic (exact) mass is 398 g/mol. The molecule has 148 valence electrons. The number of nitrogens with zero attached hydrogens (tertiary/aromatic N) is 1. The van der Waals surface area contributed by atoms with Crippen LogP contribution < -0.4 is 4.74 Å². The maximum atomic E-state index is 13.5. The van der Waals surface area contributed by atoms with Gasteiger partial charge in [-0.2, -0.15) is 4.31 Å². The van der Waals surface area contributed by atoms with Crippen LogP contribution in [-0.2, 0) is 16.4 Å². The van der Waals surface area contributed by atoms with Crippen molar-refractivity contribution in [1.29, 1.82) is 0 Å². The molecule has 3 aromatic rings. The van der Waals surface area contributed by atoms with Crippen molar-refractivity contribution in [3.05, 3.63) is 59.3 Å². The summed E-state index contributed by atoms with van der Waals surface area (Å²) < 4.78 is 34.1. The highest BCUT2D eigenvalue weighted by Gasteiger charge is 2.37. The Morgan fingerprint density at radius 1 is 1.18 bits per heavy atom. The molecular formula is C22H26N2O3S. The molecular weight excluding hydrogens is 372 g/mol. The van der Waals surface area contributed by atoms with Crippen molar-refractivity contribution in [1.82, 2.24) is 9.29 Å². The van der Waals surface area contributed by atoms with Gasteiger partial charge in [-0.25, -0.2) is 8.42 Å². The molecule has 4 rings (SSSR count). The van der Waals surface area contributed by atoms with E-state index >= 15 is 0 Å². The van der Waals surface area contributed by atoms with Gasteiger partial charge in [0.1, 0.15) is 10.6 Å². The first-order chi connectivity index (χ1) is 13.4. The molecule has 1 atom stereocenters. The average Bonchev–Trinajstić information content (AvgIpc) is 3.32. The van der Waals surface area contributed by atoms with Crippen LogP contribution in [0.2, 0.25) is 0 Å². The highest BCUT2D eigenvalue weighted by atomic mass is 32.2. The minimum Gasteiger partial charge on any atom is -0.495 e. The summed E-state index contributed by atoms with van der Waals surface area (Å²) in [5, 5.41) is 1.16. The predicted octanol–water partition coefficient (Wildman–Crippen LogP) is 4.19. The van der Waals surface area contributed by atoms with Gasteiger partial charge in [-0.15, -0.1) is 0 Å². The van der Waals surface area contributed by atoms with Gasteiger partial charge in [0.05, 0.1) is 7.11 Å². The Morgan fingerprint density at radius 3 is 2.71 bits per heavy atom. The second-order valence-corrected chi connectivity index (χ2v) is 9.42. The van der Waals surface area contributed by atoms with E-state index in [1.807, 2.05) is 44.3 Å². The number of H-pyrrole nitrogens is 1. The third-order valence-corrected chi connectivity index (χ3v) is 7.79. The summed E-state index contributed by atoms with van der Waals surface area (Å²) >= 11 is 0. The maximum Gasteiger partial charge on any atom is 0.247 e. The van der Waals surface area contributed by atoms with Crippen molar-refractivity contribution in [2.75, 3.05) is 13.7 Å². The third-order valence-electron chi connectivity index (χ3n) is 5.82. The Hall–Kier alpha value is -2.31. The zero-order valence-corrected chi connectivity index (χ0v) is 17.3. The summed E-state index contributed by atoms with van der Waals surface area (Å²) in [6.07, 6.45) is 4.45. The van der Waals surface area contributed by atoms with Gasteiger partial charge in [0.15, 0.2) is 0 Å². The molecule has 5 nitrogen and oxygen atoms in total. The van der Waals surface area contributed by atoms with Gasteiger partial charge in [0, 0.05) is 29.7 Å². The quantitative estimate of drug-likeness (QED) is 0.701. The number of hydrogen-bond acceptors (Lipinski definition) is 3. The number of hydrogen-bond donors (Lipinski definition) is 1. The van der Waals surface area contributed by atoms with E-state index < -0.39 is 10.0 Å². The predicted molar refractivity (Wildman–Crippen MR) is 111 cm³/mol. The first kappa shape index (κ1) is 19.0. The van der Waals surface area contributed by atoms with Crippen molar-refractivity contribution in [3.63, 3.8) is 0 Å². The van der Waals surface area contributed by atoms with Gasteiger partial charge in [0.2, 0.25) is 10.0 Å². The number of ether oxygens (including phenoxy) is 1. The molecule has 1 N–H and O–H groups in total. The number of sulfonamides is 1. The largest absolute Gasteiger partial charge is 0.495 e. The van der Waals surface area contributed by atoms with Crippen molar-refractivity contribution in [3.8, 4) is 5.75 Å². The van der Waals surface area contributed by atoms with E-state index in [-0.39, 0.29) is 10.9 Å². The average molecular weight is 399 g/mol. The number of benzene rings is 2. The minimum absolute atomic E-state index is 0.0458. The third kappa shape index (κ3) is 3.20. The van der Waals surface area contributed by atoms with Crippen molar-refractivity contribution < 1.29 is 13.2 Å². The molecule has 2 heterocycles. The summed E-state index contributed by atoms with van der Waals surface area (Å²) in [6.45, 7) is 4.44. The first-order valence-electron chi connectivity index (χ1n) is 9.64. The Morgan fingerprint density at radius 2 is 1.93 bits per heavy atom. The van der Waals surface area contributed by atoms with E-state index in [2.05, 4.69) is 11.1 Å². The van der Waals surface area contributed by atoms with Crippen molar-refractivity contribution in [2.24, 2.45) is 0 Å². The molecule has 1 aromatic heterocycles. The first-order valence-corrected chi connectivity index (χ1v) is 11.1. The van der Waals surface area contributed by atoms with Crippen LogP contribution in [0.15, 0.2) is 47.5 Å². The van der Waals surface area contributed by atoms with Crippen LogP contribution in [0.5, 0.6) is 5.75 Å². The SMILES string of the molecule is COc1cc(C)c(C)cc1S(=O)(=O)N1CCCC1Cc1c[nH]c2ccccc12. The fourth-order valence-corrected chi connectivity index (χ4v) is 6.05. The van der Waals surface area contributed by atoms with E-state index in [0.29, 0.717) is 18.7 Å². The van der Waals surface area contributed by atoms with E-state index in [9.17, 15) is 8.42 Å². The van der Waals surface area contributed by atoms with Crippen molar-refractivity contribution in [2.45, 2.75) is 44.0 Å². The molecule has 1 aliphatic rings. The Labute approximate surface area is 166 Å². The number of para-hydroxylation sites is 1. The lowest BCUT2D eigenvalue weighted by molar-refractivity contribution is 0.374. The highest BCUT2D eigenvalue weighted by Crippen LogP contribution is 2.35. The zero-order valence-electron chi connectivity index (χ0n) is 16.5. The second kappa shape index (κ2) is 7.26. The number of methoxy groups -OCH3 is 1. The summed E-state index contributed by atoms with van der Waals surface area (Å²) in [5.74, 6) is 0.417. The summed E-state index contributed by atoms with van der Waals surface area (Å²) in [5.41, 5.74) is 4.22. The van der Waals surface area contributed by atoms with Gasteiger partial charge in [-0.05, 0) is 68.0 Å². The highest BCUT2D eigenvalue weighted by molar-refractivity contribution is 7.89. The van der Waals surface area contributed by atoms with Crippen LogP contribution in [-0.4, -0.2) is 37.4 Å². The molecule has 0 amide bonds.